The molecule has 5 nitrogen and oxygen atoms in total. The summed E-state index contributed by atoms with van der Waals surface area (Å²) in [6.07, 6.45) is 0. The van der Waals surface area contributed by atoms with E-state index in [1.807, 2.05) is 31.2 Å². The van der Waals surface area contributed by atoms with Gasteiger partial charge in [0.2, 0.25) is 11.8 Å². The average Bonchev–Trinajstić information content (AvgIpc) is 2.87. The molecule has 0 fully saturated rings. The third kappa shape index (κ3) is 4.01. The van der Waals surface area contributed by atoms with Crippen LogP contribution in [0.1, 0.15) is 31.7 Å². The first-order valence-electron chi connectivity index (χ1n) is 6.87. The Balaban J connectivity index is 1.93. The van der Waals surface area contributed by atoms with Gasteiger partial charge in [0.05, 0.1) is 15.2 Å². The van der Waals surface area contributed by atoms with Gasteiger partial charge in [-0.15, -0.1) is 11.3 Å². The Morgan fingerprint density at radius 3 is 2.67 bits per heavy atom. The molecule has 2 aromatic rings. The van der Waals surface area contributed by atoms with E-state index < -0.39 is 6.04 Å². The van der Waals surface area contributed by atoms with Gasteiger partial charge in [-0.1, -0.05) is 19.1 Å². The van der Waals surface area contributed by atoms with Crippen molar-refractivity contribution in [3.63, 3.8) is 0 Å². The number of hydrogen-bond donors (Lipinski definition) is 2. The van der Waals surface area contributed by atoms with Gasteiger partial charge in [0.25, 0.3) is 0 Å². The topological polar surface area (TPSA) is 71.1 Å². The second-order valence-electron chi connectivity index (χ2n) is 5.09. The summed E-state index contributed by atoms with van der Waals surface area (Å²) in [6.45, 7) is 5.59. The molecule has 112 valence electrons. The molecule has 2 atom stereocenters. The molecular formula is C15H19N3O2S. The molecule has 1 aromatic carbocycles. The van der Waals surface area contributed by atoms with Gasteiger partial charge in [0.15, 0.2) is 0 Å². The van der Waals surface area contributed by atoms with Gasteiger partial charge in [-0.05, 0) is 19.1 Å². The van der Waals surface area contributed by atoms with Crippen molar-refractivity contribution in [2.75, 3.05) is 6.54 Å². The lowest BCUT2D eigenvalue weighted by Crippen LogP contribution is -2.44. The predicted molar refractivity (Wildman–Crippen MR) is 84.3 cm³/mol. The van der Waals surface area contributed by atoms with Crippen molar-refractivity contribution < 1.29 is 9.59 Å². The lowest BCUT2D eigenvalue weighted by Gasteiger charge is -2.15. The molecule has 6 heteroatoms. The number of aromatic nitrogens is 1. The molecule has 0 saturated carbocycles. The Morgan fingerprint density at radius 1 is 1.29 bits per heavy atom. The van der Waals surface area contributed by atoms with Crippen molar-refractivity contribution in [1.29, 1.82) is 0 Å². The SMILES string of the molecule is CC(=O)NC(C)C(=O)NCC(C)c1nc2ccccc2s1. The normalized spacial score (nSPS) is 13.7. The fraction of sp³-hybridized carbons (Fsp3) is 0.400. The first-order chi connectivity index (χ1) is 9.97. The molecule has 2 unspecified atom stereocenters. The number of nitrogens with one attached hydrogen (secondary N) is 2. The largest absolute Gasteiger partial charge is 0.354 e. The van der Waals surface area contributed by atoms with Crippen LogP contribution in [0.2, 0.25) is 0 Å². The molecule has 0 spiro atoms. The maximum absolute atomic E-state index is 11.8. The number of nitrogens with zero attached hydrogens (tertiary/aromatic N) is 1. The number of rotatable bonds is 5. The average molecular weight is 305 g/mol. The number of carbonyl (C=O) groups is 2. The van der Waals surface area contributed by atoms with Gasteiger partial charge < -0.3 is 10.6 Å². The quantitative estimate of drug-likeness (QED) is 0.888. The van der Waals surface area contributed by atoms with E-state index in [0.717, 1.165) is 15.2 Å². The van der Waals surface area contributed by atoms with E-state index in [-0.39, 0.29) is 17.7 Å². The number of para-hydroxylation sites is 1. The van der Waals surface area contributed by atoms with Gasteiger partial charge in [-0.3, -0.25) is 9.59 Å². The maximum Gasteiger partial charge on any atom is 0.242 e. The molecule has 21 heavy (non-hydrogen) atoms. The Kier molecular flexibility index (Phi) is 4.90. The number of hydrogen-bond acceptors (Lipinski definition) is 4. The molecule has 1 aromatic heterocycles. The van der Waals surface area contributed by atoms with Crippen molar-refractivity contribution in [3.8, 4) is 0 Å². The highest BCUT2D eigenvalue weighted by molar-refractivity contribution is 7.18. The third-order valence-electron chi connectivity index (χ3n) is 3.13. The van der Waals surface area contributed by atoms with Gasteiger partial charge in [-0.25, -0.2) is 4.98 Å². The number of thiazole rings is 1. The van der Waals surface area contributed by atoms with Crippen LogP contribution < -0.4 is 10.6 Å². The van der Waals surface area contributed by atoms with Gasteiger partial charge in [-0.2, -0.15) is 0 Å². The van der Waals surface area contributed by atoms with E-state index in [0.29, 0.717) is 6.54 Å². The van der Waals surface area contributed by atoms with Crippen molar-refractivity contribution in [2.45, 2.75) is 32.7 Å². The Bertz CT molecular complexity index is 620. The molecule has 0 bridgehead atoms. The second kappa shape index (κ2) is 6.67. The first kappa shape index (κ1) is 15.4. The third-order valence-corrected chi connectivity index (χ3v) is 4.40. The van der Waals surface area contributed by atoms with Crippen LogP contribution in [0.15, 0.2) is 24.3 Å². The van der Waals surface area contributed by atoms with Crippen LogP contribution in [0, 0.1) is 0 Å². The first-order valence-corrected chi connectivity index (χ1v) is 7.69. The number of fused-ring (bicyclic) bond motifs is 1. The highest BCUT2D eigenvalue weighted by Crippen LogP contribution is 2.26. The summed E-state index contributed by atoms with van der Waals surface area (Å²) in [5.74, 6) is -0.258. The minimum absolute atomic E-state index is 0.135. The molecule has 1 heterocycles. The van der Waals surface area contributed by atoms with Crippen molar-refractivity contribution in [3.05, 3.63) is 29.3 Å². The molecule has 0 radical (unpaired) electrons. The second-order valence-corrected chi connectivity index (χ2v) is 6.15. The number of benzene rings is 1. The Labute approximate surface area is 127 Å². The minimum Gasteiger partial charge on any atom is -0.354 e. The van der Waals surface area contributed by atoms with E-state index in [2.05, 4.69) is 15.6 Å². The van der Waals surface area contributed by atoms with E-state index in [1.165, 1.54) is 6.92 Å². The van der Waals surface area contributed by atoms with Crippen molar-refractivity contribution in [2.24, 2.45) is 0 Å². The summed E-state index contributed by atoms with van der Waals surface area (Å²) in [5, 5.41) is 6.41. The zero-order chi connectivity index (χ0) is 15.4. The molecule has 2 N–H and O–H groups in total. The molecular weight excluding hydrogens is 286 g/mol. The summed E-state index contributed by atoms with van der Waals surface area (Å²) in [5.41, 5.74) is 0.988. The molecule has 0 saturated heterocycles. The van der Waals surface area contributed by atoms with Crippen molar-refractivity contribution >= 4 is 33.4 Å². The minimum atomic E-state index is -0.523. The smallest absolute Gasteiger partial charge is 0.242 e. The lowest BCUT2D eigenvalue weighted by atomic mass is 10.2. The van der Waals surface area contributed by atoms with Gasteiger partial charge in [0.1, 0.15) is 6.04 Å². The van der Waals surface area contributed by atoms with E-state index in [9.17, 15) is 9.59 Å². The van der Waals surface area contributed by atoms with Crippen LogP contribution in [-0.4, -0.2) is 29.4 Å². The summed E-state index contributed by atoms with van der Waals surface area (Å²) >= 11 is 1.64. The maximum atomic E-state index is 11.8. The van der Waals surface area contributed by atoms with Crippen LogP contribution in [-0.2, 0) is 9.59 Å². The Hall–Kier alpha value is -1.95. The predicted octanol–water partition coefficient (Wildman–Crippen LogP) is 2.04. The van der Waals surface area contributed by atoms with Crippen LogP contribution >= 0.6 is 11.3 Å². The summed E-state index contributed by atoms with van der Waals surface area (Å²) in [6, 6.07) is 7.46. The lowest BCUT2D eigenvalue weighted by molar-refractivity contribution is -0.127. The summed E-state index contributed by atoms with van der Waals surface area (Å²) in [4.78, 5) is 27.3. The van der Waals surface area contributed by atoms with E-state index in [1.54, 1.807) is 18.3 Å². The highest BCUT2D eigenvalue weighted by atomic mass is 32.1. The number of carbonyl (C=O) groups excluding carboxylic acids is 2. The summed E-state index contributed by atoms with van der Waals surface area (Å²) < 4.78 is 1.15. The molecule has 2 rings (SSSR count). The van der Waals surface area contributed by atoms with Crippen LogP contribution in [0.3, 0.4) is 0 Å². The fourth-order valence-corrected chi connectivity index (χ4v) is 2.98. The molecule has 0 aliphatic heterocycles. The monoisotopic (exact) mass is 305 g/mol. The van der Waals surface area contributed by atoms with Gasteiger partial charge in [0, 0.05) is 19.4 Å². The number of amides is 2. The van der Waals surface area contributed by atoms with E-state index >= 15 is 0 Å². The molecule has 0 aliphatic carbocycles. The van der Waals surface area contributed by atoms with Crippen LogP contribution in [0.25, 0.3) is 10.2 Å². The zero-order valence-corrected chi connectivity index (χ0v) is 13.2. The van der Waals surface area contributed by atoms with Crippen LogP contribution in [0.5, 0.6) is 0 Å². The fourth-order valence-electron chi connectivity index (χ4n) is 1.97. The van der Waals surface area contributed by atoms with Gasteiger partial charge >= 0.3 is 0 Å². The molecule has 2 amide bonds. The standard InChI is InChI=1S/C15H19N3O2S/c1-9(8-16-14(20)10(2)17-11(3)19)15-18-12-6-4-5-7-13(12)21-15/h4-7,9-10H,8H2,1-3H3,(H,16,20)(H,17,19). The Morgan fingerprint density at radius 2 is 2.00 bits per heavy atom. The van der Waals surface area contributed by atoms with Crippen LogP contribution in [0.4, 0.5) is 0 Å². The highest BCUT2D eigenvalue weighted by Gasteiger charge is 2.16. The zero-order valence-electron chi connectivity index (χ0n) is 12.3. The molecule has 0 aliphatic rings. The van der Waals surface area contributed by atoms with Crippen molar-refractivity contribution in [1.82, 2.24) is 15.6 Å². The van der Waals surface area contributed by atoms with E-state index in [4.69, 9.17) is 0 Å². The summed E-state index contributed by atoms with van der Waals surface area (Å²) in [7, 11) is 0.